The van der Waals surface area contributed by atoms with E-state index in [-0.39, 0.29) is 17.9 Å². The van der Waals surface area contributed by atoms with Crippen molar-refractivity contribution in [2.75, 3.05) is 6.54 Å². The Morgan fingerprint density at radius 1 is 1.00 bits per heavy atom. The van der Waals surface area contributed by atoms with E-state index >= 15 is 0 Å². The van der Waals surface area contributed by atoms with Crippen LogP contribution in [0.25, 0.3) is 0 Å². The van der Waals surface area contributed by atoms with Gasteiger partial charge in [0, 0.05) is 23.7 Å². The average molecular weight is 290 g/mol. The Hall–Kier alpha value is -1.84. The molecule has 0 bridgehead atoms. The predicted molar refractivity (Wildman–Crippen MR) is 85.5 cm³/mol. The van der Waals surface area contributed by atoms with Crippen molar-refractivity contribution in [2.24, 2.45) is 0 Å². The van der Waals surface area contributed by atoms with Crippen LogP contribution in [0, 0.1) is 0 Å². The first-order valence-electron chi connectivity index (χ1n) is 7.77. The van der Waals surface area contributed by atoms with Gasteiger partial charge in [0.1, 0.15) is 0 Å². The summed E-state index contributed by atoms with van der Waals surface area (Å²) in [5.41, 5.74) is 1.17. The van der Waals surface area contributed by atoms with E-state index in [1.54, 1.807) is 24.3 Å². The van der Waals surface area contributed by atoms with Crippen molar-refractivity contribution in [3.8, 4) is 0 Å². The van der Waals surface area contributed by atoms with Crippen LogP contribution in [-0.2, 0) is 0 Å². The van der Waals surface area contributed by atoms with Crippen molar-refractivity contribution in [2.45, 2.75) is 52.5 Å². The third kappa shape index (κ3) is 5.98. The normalized spacial score (nSPS) is 11.8. The zero-order valence-corrected chi connectivity index (χ0v) is 13.2. The van der Waals surface area contributed by atoms with Crippen molar-refractivity contribution in [1.29, 1.82) is 0 Å². The molecule has 1 aromatic carbocycles. The summed E-state index contributed by atoms with van der Waals surface area (Å²) in [6, 6.07) is 6.93. The summed E-state index contributed by atoms with van der Waals surface area (Å²) in [6.07, 6.45) is 4.15. The van der Waals surface area contributed by atoms with Crippen LogP contribution < -0.4 is 10.6 Å². The van der Waals surface area contributed by atoms with Gasteiger partial charge in [-0.1, -0.05) is 26.7 Å². The molecule has 4 nitrogen and oxygen atoms in total. The summed E-state index contributed by atoms with van der Waals surface area (Å²) in [6.45, 7) is 6.82. The number of benzene rings is 1. The fraction of sp³-hybridized carbons (Fsp3) is 0.529. The van der Waals surface area contributed by atoms with Gasteiger partial charge in [-0.15, -0.1) is 0 Å². The Bertz CT molecular complexity index is 454. The Morgan fingerprint density at radius 2 is 1.57 bits per heavy atom. The summed E-state index contributed by atoms with van der Waals surface area (Å²) >= 11 is 0. The number of nitrogens with one attached hydrogen (secondary N) is 2. The van der Waals surface area contributed by atoms with Gasteiger partial charge in [-0.05, 0) is 44.0 Å². The van der Waals surface area contributed by atoms with E-state index in [1.165, 1.54) is 0 Å². The molecular weight excluding hydrogens is 264 g/mol. The molecule has 1 unspecified atom stereocenters. The number of carbonyl (C=O) groups excluding carboxylic acids is 2. The van der Waals surface area contributed by atoms with Crippen LogP contribution in [0.1, 0.15) is 67.2 Å². The molecule has 1 atom stereocenters. The molecule has 0 aliphatic rings. The molecule has 116 valence electrons. The Kier molecular flexibility index (Phi) is 7.51. The summed E-state index contributed by atoms with van der Waals surface area (Å²) in [4.78, 5) is 23.8. The second-order valence-corrected chi connectivity index (χ2v) is 5.32. The minimum Gasteiger partial charge on any atom is -0.352 e. The number of hydrogen-bond acceptors (Lipinski definition) is 2. The maximum atomic E-state index is 11.9. The van der Waals surface area contributed by atoms with Gasteiger partial charge in [-0.25, -0.2) is 0 Å². The smallest absolute Gasteiger partial charge is 0.251 e. The molecule has 0 saturated carbocycles. The first-order chi connectivity index (χ1) is 10.1. The fourth-order valence-electron chi connectivity index (χ4n) is 1.86. The summed E-state index contributed by atoms with van der Waals surface area (Å²) in [5, 5.41) is 5.79. The molecule has 0 heterocycles. The molecule has 0 radical (unpaired) electrons. The zero-order chi connectivity index (χ0) is 15.7. The maximum absolute atomic E-state index is 11.9. The van der Waals surface area contributed by atoms with E-state index in [1.807, 2.05) is 13.8 Å². The van der Waals surface area contributed by atoms with Crippen molar-refractivity contribution < 1.29 is 9.59 Å². The molecular formula is C17H26N2O2. The summed E-state index contributed by atoms with van der Waals surface area (Å²) in [5.74, 6) is -0.181. The topological polar surface area (TPSA) is 58.2 Å². The molecule has 0 aliphatic carbocycles. The van der Waals surface area contributed by atoms with Crippen LogP contribution in [0.4, 0.5) is 0 Å². The van der Waals surface area contributed by atoms with Crippen molar-refractivity contribution >= 4 is 11.8 Å². The molecule has 1 rings (SSSR count). The minimum atomic E-state index is -0.0979. The molecule has 0 saturated heterocycles. The minimum absolute atomic E-state index is 0.0833. The van der Waals surface area contributed by atoms with Crippen LogP contribution in [-0.4, -0.2) is 24.4 Å². The van der Waals surface area contributed by atoms with Gasteiger partial charge in [0.05, 0.1) is 0 Å². The lowest BCUT2D eigenvalue weighted by Crippen LogP contribution is -2.32. The summed E-state index contributed by atoms with van der Waals surface area (Å²) < 4.78 is 0. The van der Waals surface area contributed by atoms with Gasteiger partial charge >= 0.3 is 0 Å². The SMILES string of the molecule is CCCCCNC(=O)c1ccc(C(=O)NC(C)CC)cc1. The molecule has 2 amide bonds. The van der Waals surface area contributed by atoms with Gasteiger partial charge in [-0.3, -0.25) is 9.59 Å². The highest BCUT2D eigenvalue weighted by Crippen LogP contribution is 2.05. The highest BCUT2D eigenvalue weighted by molar-refractivity contribution is 5.97. The van der Waals surface area contributed by atoms with Crippen LogP contribution in [0.15, 0.2) is 24.3 Å². The van der Waals surface area contributed by atoms with Gasteiger partial charge < -0.3 is 10.6 Å². The van der Waals surface area contributed by atoms with Crippen molar-refractivity contribution in [1.82, 2.24) is 10.6 Å². The van der Waals surface area contributed by atoms with E-state index in [0.29, 0.717) is 17.7 Å². The third-order valence-corrected chi connectivity index (χ3v) is 3.47. The fourth-order valence-corrected chi connectivity index (χ4v) is 1.86. The quantitative estimate of drug-likeness (QED) is 0.723. The van der Waals surface area contributed by atoms with Gasteiger partial charge in [0.25, 0.3) is 11.8 Å². The highest BCUT2D eigenvalue weighted by atomic mass is 16.2. The van der Waals surface area contributed by atoms with Crippen LogP contribution in [0.5, 0.6) is 0 Å². The second kappa shape index (κ2) is 9.16. The average Bonchev–Trinajstić information content (AvgIpc) is 2.51. The molecule has 0 aliphatic heterocycles. The van der Waals surface area contributed by atoms with Crippen LogP contribution in [0.2, 0.25) is 0 Å². The van der Waals surface area contributed by atoms with E-state index in [9.17, 15) is 9.59 Å². The molecule has 0 fully saturated rings. The predicted octanol–water partition coefficient (Wildman–Crippen LogP) is 3.13. The lowest BCUT2D eigenvalue weighted by molar-refractivity contribution is 0.0932. The van der Waals surface area contributed by atoms with Crippen molar-refractivity contribution in [3.63, 3.8) is 0 Å². The third-order valence-electron chi connectivity index (χ3n) is 3.47. The largest absolute Gasteiger partial charge is 0.352 e. The number of amides is 2. The number of hydrogen-bond donors (Lipinski definition) is 2. The molecule has 4 heteroatoms. The number of rotatable bonds is 8. The van der Waals surface area contributed by atoms with Gasteiger partial charge in [0.2, 0.25) is 0 Å². The van der Waals surface area contributed by atoms with E-state index in [0.717, 1.165) is 25.7 Å². The number of unbranched alkanes of at least 4 members (excludes halogenated alkanes) is 2. The van der Waals surface area contributed by atoms with Gasteiger partial charge in [0.15, 0.2) is 0 Å². The molecule has 0 aromatic heterocycles. The van der Waals surface area contributed by atoms with E-state index in [2.05, 4.69) is 17.6 Å². The standard InChI is InChI=1S/C17H26N2O2/c1-4-6-7-12-18-16(20)14-8-10-15(11-9-14)17(21)19-13(3)5-2/h8-11,13H,4-7,12H2,1-3H3,(H,18,20)(H,19,21). The van der Waals surface area contributed by atoms with Gasteiger partial charge in [-0.2, -0.15) is 0 Å². The van der Waals surface area contributed by atoms with Crippen LogP contribution in [0.3, 0.4) is 0 Å². The molecule has 0 spiro atoms. The monoisotopic (exact) mass is 290 g/mol. The van der Waals surface area contributed by atoms with E-state index < -0.39 is 0 Å². The van der Waals surface area contributed by atoms with Crippen LogP contribution >= 0.6 is 0 Å². The Labute approximate surface area is 127 Å². The summed E-state index contributed by atoms with van der Waals surface area (Å²) in [7, 11) is 0. The number of carbonyl (C=O) groups is 2. The zero-order valence-electron chi connectivity index (χ0n) is 13.2. The Morgan fingerprint density at radius 3 is 2.10 bits per heavy atom. The maximum Gasteiger partial charge on any atom is 0.251 e. The second-order valence-electron chi connectivity index (χ2n) is 5.32. The van der Waals surface area contributed by atoms with Crippen molar-refractivity contribution in [3.05, 3.63) is 35.4 Å². The molecule has 2 N–H and O–H groups in total. The Balaban J connectivity index is 2.53. The van der Waals surface area contributed by atoms with E-state index in [4.69, 9.17) is 0 Å². The lowest BCUT2D eigenvalue weighted by atomic mass is 10.1. The highest BCUT2D eigenvalue weighted by Gasteiger charge is 2.10. The first kappa shape index (κ1) is 17.2. The molecule has 21 heavy (non-hydrogen) atoms. The lowest BCUT2D eigenvalue weighted by Gasteiger charge is -2.11. The first-order valence-corrected chi connectivity index (χ1v) is 7.77. The molecule has 1 aromatic rings.